The second kappa shape index (κ2) is 6.57. The molecule has 8 heteroatoms. The summed E-state index contributed by atoms with van der Waals surface area (Å²) in [5.41, 5.74) is 0.315. The molecule has 2 bridgehead atoms. The molecule has 4 rings (SSSR count). The number of nitrogens with zero attached hydrogens (tertiary/aromatic N) is 3. The fraction of sp³-hybridized carbons (Fsp3) is 0.706. The van der Waals surface area contributed by atoms with Crippen LogP contribution in [0.2, 0.25) is 0 Å². The van der Waals surface area contributed by atoms with Crippen LogP contribution in [0, 0.1) is 5.92 Å². The highest BCUT2D eigenvalue weighted by Gasteiger charge is 2.36. The number of thiazole rings is 1. The minimum absolute atomic E-state index is 0.133. The third-order valence-corrected chi connectivity index (χ3v) is 6.21. The second-order valence-electron chi connectivity index (χ2n) is 7.98. The fourth-order valence-electron chi connectivity index (χ4n) is 3.56. The van der Waals surface area contributed by atoms with Gasteiger partial charge in [-0.1, -0.05) is 32.1 Å². The molecular formula is C17H26N4O3S. The summed E-state index contributed by atoms with van der Waals surface area (Å²) in [6.07, 6.45) is 1.18. The van der Waals surface area contributed by atoms with Gasteiger partial charge in [-0.15, -0.1) is 0 Å². The zero-order chi connectivity index (χ0) is 18.4. The van der Waals surface area contributed by atoms with Gasteiger partial charge in [0.25, 0.3) is 5.91 Å². The van der Waals surface area contributed by atoms with E-state index in [1.807, 2.05) is 20.8 Å². The molecule has 0 saturated carbocycles. The molecule has 3 saturated heterocycles. The first-order valence-corrected chi connectivity index (χ1v) is 9.49. The summed E-state index contributed by atoms with van der Waals surface area (Å²) in [4.78, 5) is 32.6. The Kier molecular flexibility index (Phi) is 4.76. The quantitative estimate of drug-likeness (QED) is 0.858. The van der Waals surface area contributed by atoms with E-state index >= 15 is 0 Å². The molecule has 0 unspecified atom stereocenters. The molecule has 0 aliphatic carbocycles. The summed E-state index contributed by atoms with van der Waals surface area (Å²) in [6, 6.07) is 0.172. The summed E-state index contributed by atoms with van der Waals surface area (Å²) in [5.74, 6) is 0.410. The van der Waals surface area contributed by atoms with E-state index in [1.165, 1.54) is 7.05 Å². The second-order valence-corrected chi connectivity index (χ2v) is 8.96. The number of carbonyl (C=O) groups is 2. The number of anilines is 1. The molecule has 3 fully saturated rings. The largest absolute Gasteiger partial charge is 0.465 e. The summed E-state index contributed by atoms with van der Waals surface area (Å²) in [7, 11) is 1.45. The Morgan fingerprint density at radius 1 is 1.32 bits per heavy atom. The highest BCUT2D eigenvalue weighted by molar-refractivity contribution is 7.17. The van der Waals surface area contributed by atoms with Crippen LogP contribution < -0.4 is 10.2 Å². The van der Waals surface area contributed by atoms with Crippen LogP contribution in [-0.2, 0) is 5.41 Å². The molecular weight excluding hydrogens is 340 g/mol. The SMILES string of the molecule is CN(C(=O)O)c1nc(C(C)(C)C)c(C(=O)N[C@H]2CN3CCC2CC3)s1. The maximum Gasteiger partial charge on any atom is 0.413 e. The molecule has 138 valence electrons. The van der Waals surface area contributed by atoms with Crippen molar-refractivity contribution in [3.05, 3.63) is 10.6 Å². The van der Waals surface area contributed by atoms with Crippen LogP contribution in [0.3, 0.4) is 0 Å². The summed E-state index contributed by atoms with van der Waals surface area (Å²) < 4.78 is 0. The Balaban J connectivity index is 1.84. The van der Waals surface area contributed by atoms with Crippen molar-refractivity contribution in [2.24, 2.45) is 5.92 Å². The minimum Gasteiger partial charge on any atom is -0.465 e. The minimum atomic E-state index is -1.08. The molecule has 2 N–H and O–H groups in total. The molecule has 3 aliphatic rings. The highest BCUT2D eigenvalue weighted by atomic mass is 32.1. The zero-order valence-electron chi connectivity index (χ0n) is 15.2. The van der Waals surface area contributed by atoms with Gasteiger partial charge in [-0.25, -0.2) is 9.78 Å². The number of hydrogen-bond acceptors (Lipinski definition) is 5. The number of amides is 2. The fourth-order valence-corrected chi connectivity index (χ4v) is 4.69. The van der Waals surface area contributed by atoms with Crippen LogP contribution in [0.5, 0.6) is 0 Å². The van der Waals surface area contributed by atoms with Crippen molar-refractivity contribution < 1.29 is 14.7 Å². The van der Waals surface area contributed by atoms with Crippen LogP contribution in [0.25, 0.3) is 0 Å². The number of fused-ring (bicyclic) bond motifs is 3. The first-order valence-electron chi connectivity index (χ1n) is 8.68. The number of piperidine rings is 3. The van der Waals surface area contributed by atoms with E-state index < -0.39 is 6.09 Å². The van der Waals surface area contributed by atoms with Crippen LogP contribution in [0.15, 0.2) is 0 Å². The lowest BCUT2D eigenvalue weighted by Crippen LogP contribution is -2.57. The molecule has 0 radical (unpaired) electrons. The normalized spacial score (nSPS) is 25.7. The van der Waals surface area contributed by atoms with Crippen molar-refractivity contribution in [2.45, 2.75) is 45.1 Å². The Morgan fingerprint density at radius 2 is 1.96 bits per heavy atom. The maximum atomic E-state index is 12.9. The predicted octanol–water partition coefficient (Wildman–Crippen LogP) is 2.38. The van der Waals surface area contributed by atoms with Crippen LogP contribution in [0.1, 0.15) is 49.0 Å². The smallest absolute Gasteiger partial charge is 0.413 e. The van der Waals surface area contributed by atoms with Gasteiger partial charge in [0.1, 0.15) is 4.88 Å². The van der Waals surface area contributed by atoms with Gasteiger partial charge in [0.15, 0.2) is 5.13 Å². The lowest BCUT2D eigenvalue weighted by atomic mass is 9.84. The zero-order valence-corrected chi connectivity index (χ0v) is 16.0. The third kappa shape index (κ3) is 3.64. The molecule has 0 aromatic carbocycles. The summed E-state index contributed by atoms with van der Waals surface area (Å²) in [5, 5.41) is 12.7. The van der Waals surface area contributed by atoms with E-state index in [-0.39, 0.29) is 17.4 Å². The number of carboxylic acid groups (broad SMARTS) is 1. The molecule has 2 amide bonds. The number of carbonyl (C=O) groups excluding carboxylic acids is 1. The molecule has 0 spiro atoms. The average Bonchev–Trinajstić information content (AvgIpc) is 3.00. The van der Waals surface area contributed by atoms with Crippen LogP contribution in [0.4, 0.5) is 9.93 Å². The predicted molar refractivity (Wildman–Crippen MR) is 97.7 cm³/mol. The third-order valence-electron chi connectivity index (χ3n) is 5.08. The maximum absolute atomic E-state index is 12.9. The van der Waals surface area contributed by atoms with Gasteiger partial charge < -0.3 is 15.3 Å². The molecule has 4 heterocycles. The lowest BCUT2D eigenvalue weighted by molar-refractivity contribution is 0.0621. The Morgan fingerprint density at radius 3 is 2.44 bits per heavy atom. The first-order chi connectivity index (χ1) is 11.7. The Hall–Kier alpha value is -1.67. The van der Waals surface area contributed by atoms with Gasteiger partial charge in [-0.2, -0.15) is 0 Å². The summed E-state index contributed by atoms with van der Waals surface area (Å²) >= 11 is 1.15. The first kappa shape index (κ1) is 18.1. The number of nitrogens with one attached hydrogen (secondary N) is 1. The Bertz CT molecular complexity index is 674. The molecule has 1 atom stereocenters. The Labute approximate surface area is 152 Å². The van der Waals surface area contributed by atoms with Gasteiger partial charge in [0.2, 0.25) is 0 Å². The van der Waals surface area contributed by atoms with Crippen molar-refractivity contribution in [2.75, 3.05) is 31.6 Å². The van der Waals surface area contributed by atoms with Crippen LogP contribution in [-0.4, -0.2) is 59.7 Å². The van der Waals surface area contributed by atoms with E-state index in [4.69, 9.17) is 0 Å². The van der Waals surface area contributed by atoms with Crippen LogP contribution >= 0.6 is 11.3 Å². The van der Waals surface area contributed by atoms with E-state index in [2.05, 4.69) is 15.2 Å². The number of aromatic nitrogens is 1. The van der Waals surface area contributed by atoms with E-state index in [0.717, 1.165) is 48.7 Å². The van der Waals surface area contributed by atoms with Gasteiger partial charge in [-0.05, 0) is 31.8 Å². The van der Waals surface area contributed by atoms with Gasteiger partial charge >= 0.3 is 6.09 Å². The van der Waals surface area contributed by atoms with Gasteiger partial charge in [-0.3, -0.25) is 9.69 Å². The molecule has 1 aromatic heterocycles. The number of rotatable bonds is 3. The van der Waals surface area contributed by atoms with E-state index in [9.17, 15) is 14.7 Å². The number of hydrogen-bond donors (Lipinski definition) is 2. The van der Waals surface area contributed by atoms with E-state index in [0.29, 0.717) is 21.6 Å². The van der Waals surface area contributed by atoms with Crippen molar-refractivity contribution in [3.8, 4) is 0 Å². The van der Waals surface area contributed by atoms with Gasteiger partial charge in [0.05, 0.1) is 5.69 Å². The topological polar surface area (TPSA) is 85.8 Å². The summed E-state index contributed by atoms with van der Waals surface area (Å²) in [6.45, 7) is 9.10. The standard InChI is InChI=1S/C17H26N4O3S/c1-17(2,3)13-12(25-15(19-13)20(4)16(23)24)14(22)18-11-9-21-7-5-10(11)6-8-21/h10-11H,5-9H2,1-4H3,(H,18,22)(H,23,24)/t11-/m0/s1. The molecule has 1 aromatic rings. The van der Waals surface area contributed by atoms with Crippen molar-refractivity contribution in [1.82, 2.24) is 15.2 Å². The van der Waals surface area contributed by atoms with Gasteiger partial charge in [0, 0.05) is 25.0 Å². The van der Waals surface area contributed by atoms with Crippen molar-refractivity contribution in [1.29, 1.82) is 0 Å². The molecule has 25 heavy (non-hydrogen) atoms. The lowest BCUT2D eigenvalue weighted by Gasteiger charge is -2.44. The van der Waals surface area contributed by atoms with Crippen molar-refractivity contribution in [3.63, 3.8) is 0 Å². The monoisotopic (exact) mass is 366 g/mol. The average molecular weight is 366 g/mol. The van der Waals surface area contributed by atoms with Crippen molar-refractivity contribution >= 4 is 28.5 Å². The van der Waals surface area contributed by atoms with E-state index in [1.54, 1.807) is 0 Å². The molecule has 3 aliphatic heterocycles. The molecule has 7 nitrogen and oxygen atoms in total. The highest BCUT2D eigenvalue weighted by Crippen LogP contribution is 2.34.